The molecule has 1 heterocycles. The molecular formula is C12H12Cl2N2O5. The molecule has 114 valence electrons. The van der Waals surface area contributed by atoms with Crippen LogP contribution in [0.2, 0.25) is 10.2 Å². The fourth-order valence-corrected chi connectivity index (χ4v) is 1.68. The summed E-state index contributed by atoms with van der Waals surface area (Å²) in [5.74, 6) is -2.51. The van der Waals surface area contributed by atoms with Gasteiger partial charge in [-0.05, 0) is 12.5 Å². The lowest BCUT2D eigenvalue weighted by Crippen LogP contribution is -2.41. The van der Waals surface area contributed by atoms with E-state index in [1.807, 2.05) is 0 Å². The van der Waals surface area contributed by atoms with E-state index in [9.17, 15) is 14.4 Å². The lowest BCUT2D eigenvalue weighted by atomic mass is 10.1. The predicted molar refractivity (Wildman–Crippen MR) is 74.4 cm³/mol. The highest BCUT2D eigenvalue weighted by atomic mass is 35.5. The van der Waals surface area contributed by atoms with Gasteiger partial charge >= 0.3 is 11.9 Å². The van der Waals surface area contributed by atoms with E-state index in [0.717, 1.165) is 0 Å². The summed E-state index contributed by atoms with van der Waals surface area (Å²) in [7, 11) is 1.19. The van der Waals surface area contributed by atoms with Crippen molar-refractivity contribution in [2.45, 2.75) is 18.9 Å². The summed E-state index contributed by atoms with van der Waals surface area (Å²) in [5.41, 5.74) is 0.0636. The fourth-order valence-electron chi connectivity index (χ4n) is 1.41. The van der Waals surface area contributed by atoms with Gasteiger partial charge < -0.3 is 15.2 Å². The number of aromatic nitrogens is 1. The first-order valence-corrected chi connectivity index (χ1v) is 6.52. The number of rotatable bonds is 6. The largest absolute Gasteiger partial charge is 0.480 e. The number of aliphatic carboxylic acids is 1. The average Bonchev–Trinajstić information content (AvgIpc) is 2.45. The Bertz CT molecular complexity index is 565. The summed E-state index contributed by atoms with van der Waals surface area (Å²) in [4.78, 5) is 37.7. The number of carbonyl (C=O) groups is 3. The SMILES string of the molecule is COC(=O)CC[C@@H](NC(=O)c1cnc(Cl)c(Cl)c1)C(=O)O. The van der Waals surface area contributed by atoms with Crippen LogP contribution >= 0.6 is 23.2 Å². The number of carboxylic acids is 1. The number of esters is 1. The van der Waals surface area contributed by atoms with Crippen molar-refractivity contribution < 1.29 is 24.2 Å². The van der Waals surface area contributed by atoms with Gasteiger partial charge in [0.15, 0.2) is 0 Å². The summed E-state index contributed by atoms with van der Waals surface area (Å²) in [6.07, 6.45) is 0.943. The molecule has 7 nitrogen and oxygen atoms in total. The van der Waals surface area contributed by atoms with Crippen LogP contribution in [0.25, 0.3) is 0 Å². The molecule has 0 aliphatic carbocycles. The number of methoxy groups -OCH3 is 1. The minimum Gasteiger partial charge on any atom is -0.480 e. The van der Waals surface area contributed by atoms with Crippen molar-refractivity contribution in [2.24, 2.45) is 0 Å². The molecule has 0 saturated carbocycles. The molecule has 0 aromatic carbocycles. The highest BCUT2D eigenvalue weighted by Crippen LogP contribution is 2.19. The first-order chi connectivity index (χ1) is 9.85. The first kappa shape index (κ1) is 17.2. The number of carboxylic acid groups (broad SMARTS) is 1. The maximum Gasteiger partial charge on any atom is 0.326 e. The van der Waals surface area contributed by atoms with Crippen molar-refractivity contribution in [1.82, 2.24) is 10.3 Å². The molecule has 0 aliphatic heterocycles. The molecule has 1 rings (SSSR count). The van der Waals surface area contributed by atoms with Crippen LogP contribution in [0, 0.1) is 0 Å². The summed E-state index contributed by atoms with van der Waals surface area (Å²) in [6.45, 7) is 0. The van der Waals surface area contributed by atoms with Crippen LogP contribution < -0.4 is 5.32 Å². The highest BCUT2D eigenvalue weighted by Gasteiger charge is 2.22. The molecule has 1 aromatic heterocycles. The summed E-state index contributed by atoms with van der Waals surface area (Å²) in [5, 5.41) is 11.4. The summed E-state index contributed by atoms with van der Waals surface area (Å²) in [6, 6.07) is 0.0388. The number of hydrogen-bond acceptors (Lipinski definition) is 5. The molecule has 0 aliphatic rings. The second kappa shape index (κ2) is 7.80. The normalized spacial score (nSPS) is 11.6. The minimum atomic E-state index is -1.26. The molecule has 0 spiro atoms. The number of amides is 1. The van der Waals surface area contributed by atoms with E-state index in [1.54, 1.807) is 0 Å². The molecule has 1 aromatic rings. The van der Waals surface area contributed by atoms with Crippen molar-refractivity contribution in [1.29, 1.82) is 0 Å². The van der Waals surface area contributed by atoms with Crippen LogP contribution in [0.15, 0.2) is 12.3 Å². The number of hydrogen-bond donors (Lipinski definition) is 2. The number of carbonyl (C=O) groups excluding carboxylic acids is 2. The third-order valence-electron chi connectivity index (χ3n) is 2.53. The number of ether oxygens (including phenoxy) is 1. The predicted octanol–water partition coefficient (Wildman–Crippen LogP) is 1.52. The number of nitrogens with one attached hydrogen (secondary N) is 1. The Morgan fingerprint density at radius 1 is 1.43 bits per heavy atom. The van der Waals surface area contributed by atoms with Crippen molar-refractivity contribution in [3.8, 4) is 0 Å². The van der Waals surface area contributed by atoms with Crippen LogP contribution in [0.1, 0.15) is 23.2 Å². The topological polar surface area (TPSA) is 106 Å². The first-order valence-electron chi connectivity index (χ1n) is 5.76. The summed E-state index contributed by atoms with van der Waals surface area (Å²) >= 11 is 11.3. The van der Waals surface area contributed by atoms with Gasteiger partial charge in [0.25, 0.3) is 5.91 Å². The van der Waals surface area contributed by atoms with Crippen LogP contribution in [0.5, 0.6) is 0 Å². The van der Waals surface area contributed by atoms with E-state index < -0.39 is 23.9 Å². The third kappa shape index (κ3) is 5.20. The second-order valence-electron chi connectivity index (χ2n) is 3.98. The lowest BCUT2D eigenvalue weighted by Gasteiger charge is -2.14. The molecule has 1 amide bonds. The molecular weight excluding hydrogens is 323 g/mol. The Balaban J connectivity index is 2.74. The Kier molecular flexibility index (Phi) is 6.39. The number of pyridine rings is 1. The van der Waals surface area contributed by atoms with Gasteiger partial charge in [-0.2, -0.15) is 0 Å². The average molecular weight is 335 g/mol. The van der Waals surface area contributed by atoms with Gasteiger partial charge in [0.2, 0.25) is 0 Å². The van der Waals surface area contributed by atoms with Crippen molar-refractivity contribution in [2.75, 3.05) is 7.11 Å². The van der Waals surface area contributed by atoms with E-state index in [-0.39, 0.29) is 28.6 Å². The molecule has 21 heavy (non-hydrogen) atoms. The van der Waals surface area contributed by atoms with Crippen molar-refractivity contribution >= 4 is 41.0 Å². The second-order valence-corrected chi connectivity index (χ2v) is 4.74. The van der Waals surface area contributed by atoms with E-state index in [1.165, 1.54) is 19.4 Å². The van der Waals surface area contributed by atoms with Crippen LogP contribution in [0.4, 0.5) is 0 Å². The summed E-state index contributed by atoms with van der Waals surface area (Å²) < 4.78 is 4.41. The Hall–Kier alpha value is -1.86. The third-order valence-corrected chi connectivity index (χ3v) is 3.21. The number of halogens is 2. The Labute approximate surface area is 130 Å². The molecule has 0 unspecified atom stereocenters. The zero-order valence-electron chi connectivity index (χ0n) is 10.9. The fraction of sp³-hybridized carbons (Fsp3) is 0.333. The van der Waals surface area contributed by atoms with E-state index in [4.69, 9.17) is 28.3 Å². The van der Waals surface area contributed by atoms with Crippen molar-refractivity contribution in [3.63, 3.8) is 0 Å². The monoisotopic (exact) mass is 334 g/mol. The zero-order valence-corrected chi connectivity index (χ0v) is 12.4. The van der Waals surface area contributed by atoms with E-state index >= 15 is 0 Å². The quantitative estimate of drug-likeness (QED) is 0.603. The maximum atomic E-state index is 11.9. The van der Waals surface area contributed by atoms with Crippen LogP contribution in [0.3, 0.4) is 0 Å². The lowest BCUT2D eigenvalue weighted by molar-refractivity contribution is -0.142. The molecule has 0 saturated heterocycles. The molecule has 0 fully saturated rings. The van der Waals surface area contributed by atoms with Gasteiger partial charge in [0.1, 0.15) is 11.2 Å². The Morgan fingerprint density at radius 3 is 2.62 bits per heavy atom. The van der Waals surface area contributed by atoms with Crippen LogP contribution in [-0.4, -0.2) is 41.1 Å². The smallest absolute Gasteiger partial charge is 0.326 e. The standard InChI is InChI=1S/C12H12Cl2N2O5/c1-21-9(17)3-2-8(12(19)20)16-11(18)6-4-7(13)10(14)15-5-6/h4-5,8H,2-3H2,1H3,(H,16,18)(H,19,20)/t8-/m1/s1. The van der Waals surface area contributed by atoms with Gasteiger partial charge in [-0.1, -0.05) is 23.2 Å². The van der Waals surface area contributed by atoms with E-state index in [2.05, 4.69) is 15.0 Å². The van der Waals surface area contributed by atoms with Gasteiger partial charge in [0.05, 0.1) is 17.7 Å². The molecule has 1 atom stereocenters. The molecule has 2 N–H and O–H groups in total. The Morgan fingerprint density at radius 2 is 2.10 bits per heavy atom. The molecule has 0 radical (unpaired) electrons. The van der Waals surface area contributed by atoms with Gasteiger partial charge in [0, 0.05) is 12.6 Å². The maximum absolute atomic E-state index is 11.9. The zero-order chi connectivity index (χ0) is 16.0. The van der Waals surface area contributed by atoms with Gasteiger partial charge in [-0.15, -0.1) is 0 Å². The highest BCUT2D eigenvalue weighted by molar-refractivity contribution is 6.41. The minimum absolute atomic E-state index is 0.0358. The van der Waals surface area contributed by atoms with Gasteiger partial charge in [-0.3, -0.25) is 9.59 Å². The molecule has 9 heteroatoms. The molecule has 0 bridgehead atoms. The van der Waals surface area contributed by atoms with Gasteiger partial charge in [-0.25, -0.2) is 9.78 Å². The van der Waals surface area contributed by atoms with Crippen molar-refractivity contribution in [3.05, 3.63) is 28.0 Å². The van der Waals surface area contributed by atoms with E-state index in [0.29, 0.717) is 0 Å². The van der Waals surface area contributed by atoms with Crippen LogP contribution in [-0.2, 0) is 14.3 Å². The number of nitrogens with zero attached hydrogens (tertiary/aromatic N) is 1.